The summed E-state index contributed by atoms with van der Waals surface area (Å²) in [5.74, 6) is 0.155. The summed E-state index contributed by atoms with van der Waals surface area (Å²) in [5.41, 5.74) is 2.06. The standard InChI is InChI=1S/C17H22N6O/c1-22-7-3-4-13(16(22)15-5-6-21-23(15)2)11-20-17(24)14-8-12(9-18)10-19-14/h5-6,8,10,13,16,19H,3-4,7,11H2,1-2H3,(H,20,24)/t13-,16+/m0/s1. The molecule has 7 heteroatoms. The van der Waals surface area contributed by atoms with Gasteiger partial charge in [-0.1, -0.05) is 0 Å². The van der Waals surface area contributed by atoms with E-state index in [2.05, 4.69) is 27.3 Å². The summed E-state index contributed by atoms with van der Waals surface area (Å²) in [6.45, 7) is 1.64. The largest absolute Gasteiger partial charge is 0.356 e. The van der Waals surface area contributed by atoms with Gasteiger partial charge in [-0.15, -0.1) is 0 Å². The summed E-state index contributed by atoms with van der Waals surface area (Å²) >= 11 is 0. The van der Waals surface area contributed by atoms with Crippen molar-refractivity contribution in [2.45, 2.75) is 18.9 Å². The van der Waals surface area contributed by atoms with Gasteiger partial charge in [0.05, 0.1) is 17.3 Å². The third-order valence-electron chi connectivity index (χ3n) is 4.75. The molecule has 3 heterocycles. The number of aryl methyl sites for hydroxylation is 1. The minimum absolute atomic E-state index is 0.173. The maximum absolute atomic E-state index is 12.3. The van der Waals surface area contributed by atoms with Gasteiger partial charge in [-0.2, -0.15) is 10.4 Å². The maximum Gasteiger partial charge on any atom is 0.267 e. The van der Waals surface area contributed by atoms with E-state index in [1.165, 1.54) is 5.69 Å². The van der Waals surface area contributed by atoms with Gasteiger partial charge in [0.1, 0.15) is 11.8 Å². The lowest BCUT2D eigenvalue weighted by Crippen LogP contribution is -2.42. The average molecular weight is 326 g/mol. The van der Waals surface area contributed by atoms with E-state index in [4.69, 9.17) is 5.26 Å². The third kappa shape index (κ3) is 3.19. The molecule has 1 saturated heterocycles. The van der Waals surface area contributed by atoms with E-state index in [-0.39, 0.29) is 11.9 Å². The zero-order valence-electron chi connectivity index (χ0n) is 14.0. The van der Waals surface area contributed by atoms with Crippen molar-refractivity contribution in [1.82, 2.24) is 25.0 Å². The molecule has 1 fully saturated rings. The fraction of sp³-hybridized carbons (Fsp3) is 0.471. The highest BCUT2D eigenvalue weighted by Crippen LogP contribution is 2.34. The Morgan fingerprint density at radius 3 is 3.04 bits per heavy atom. The van der Waals surface area contributed by atoms with Gasteiger partial charge in [-0.05, 0) is 44.5 Å². The molecule has 24 heavy (non-hydrogen) atoms. The van der Waals surface area contributed by atoms with E-state index in [0.29, 0.717) is 23.7 Å². The second-order valence-electron chi connectivity index (χ2n) is 6.33. The van der Waals surface area contributed by atoms with E-state index in [9.17, 15) is 4.79 Å². The highest BCUT2D eigenvalue weighted by molar-refractivity contribution is 5.92. The first-order chi connectivity index (χ1) is 11.6. The number of nitriles is 1. The van der Waals surface area contributed by atoms with Gasteiger partial charge >= 0.3 is 0 Å². The molecule has 0 bridgehead atoms. The molecule has 126 valence electrons. The molecule has 2 aromatic rings. The van der Waals surface area contributed by atoms with Crippen LogP contribution in [0.4, 0.5) is 0 Å². The van der Waals surface area contributed by atoms with Crippen LogP contribution < -0.4 is 5.32 Å². The van der Waals surface area contributed by atoms with E-state index in [1.807, 2.05) is 30.1 Å². The zero-order valence-corrected chi connectivity index (χ0v) is 14.0. The lowest BCUT2D eigenvalue weighted by atomic mass is 9.87. The Kier molecular flexibility index (Phi) is 4.67. The number of rotatable bonds is 4. The van der Waals surface area contributed by atoms with E-state index in [1.54, 1.807) is 12.3 Å². The van der Waals surface area contributed by atoms with Gasteiger partial charge < -0.3 is 10.3 Å². The van der Waals surface area contributed by atoms with Gasteiger partial charge in [-0.25, -0.2) is 0 Å². The van der Waals surface area contributed by atoms with Crippen molar-refractivity contribution >= 4 is 5.91 Å². The van der Waals surface area contributed by atoms with Crippen LogP contribution >= 0.6 is 0 Å². The second kappa shape index (κ2) is 6.89. The van der Waals surface area contributed by atoms with Crippen molar-refractivity contribution in [1.29, 1.82) is 5.26 Å². The Morgan fingerprint density at radius 2 is 2.38 bits per heavy atom. The van der Waals surface area contributed by atoms with Crippen molar-refractivity contribution in [3.05, 3.63) is 41.5 Å². The molecule has 2 atom stereocenters. The minimum atomic E-state index is -0.173. The van der Waals surface area contributed by atoms with Crippen molar-refractivity contribution in [2.75, 3.05) is 20.1 Å². The van der Waals surface area contributed by atoms with Crippen molar-refractivity contribution in [2.24, 2.45) is 13.0 Å². The molecule has 0 aliphatic carbocycles. The first-order valence-corrected chi connectivity index (χ1v) is 8.15. The number of carbonyl (C=O) groups is 1. The van der Waals surface area contributed by atoms with E-state index in [0.717, 1.165) is 19.4 Å². The molecule has 0 radical (unpaired) electrons. The number of nitrogens with one attached hydrogen (secondary N) is 2. The second-order valence-corrected chi connectivity index (χ2v) is 6.33. The summed E-state index contributed by atoms with van der Waals surface area (Å²) in [4.78, 5) is 17.5. The number of aromatic nitrogens is 3. The van der Waals surface area contributed by atoms with E-state index < -0.39 is 0 Å². The van der Waals surface area contributed by atoms with Crippen LogP contribution in [0, 0.1) is 17.2 Å². The topological polar surface area (TPSA) is 89.7 Å². The number of hydrogen-bond donors (Lipinski definition) is 2. The smallest absolute Gasteiger partial charge is 0.267 e. The zero-order chi connectivity index (χ0) is 17.1. The third-order valence-corrected chi connectivity index (χ3v) is 4.75. The molecule has 2 N–H and O–H groups in total. The number of piperidine rings is 1. The molecule has 2 aromatic heterocycles. The monoisotopic (exact) mass is 326 g/mol. The quantitative estimate of drug-likeness (QED) is 0.889. The molecule has 3 rings (SSSR count). The number of H-pyrrole nitrogens is 1. The van der Waals surface area contributed by atoms with Gasteiger partial charge in [0.15, 0.2) is 0 Å². The fourth-order valence-corrected chi connectivity index (χ4v) is 3.52. The van der Waals surface area contributed by atoms with E-state index >= 15 is 0 Å². The van der Waals surface area contributed by atoms with Gasteiger partial charge in [-0.3, -0.25) is 14.4 Å². The Morgan fingerprint density at radius 1 is 1.54 bits per heavy atom. The molecule has 0 saturated carbocycles. The van der Waals surface area contributed by atoms with Crippen LogP contribution in [0.3, 0.4) is 0 Å². The van der Waals surface area contributed by atoms with Gasteiger partial charge in [0.25, 0.3) is 5.91 Å². The van der Waals surface area contributed by atoms with Crippen molar-refractivity contribution in [3.63, 3.8) is 0 Å². The van der Waals surface area contributed by atoms with Crippen LogP contribution in [0.15, 0.2) is 24.5 Å². The molecule has 0 spiro atoms. The fourth-order valence-electron chi connectivity index (χ4n) is 3.52. The summed E-state index contributed by atoms with van der Waals surface area (Å²) in [6.07, 6.45) is 5.54. The molecule has 0 unspecified atom stereocenters. The van der Waals surface area contributed by atoms with Crippen molar-refractivity contribution in [3.8, 4) is 6.07 Å². The highest BCUT2D eigenvalue weighted by Gasteiger charge is 2.32. The Hall–Kier alpha value is -2.59. The van der Waals surface area contributed by atoms with Crippen LogP contribution in [0.5, 0.6) is 0 Å². The number of nitrogens with zero attached hydrogens (tertiary/aromatic N) is 4. The molecule has 1 aliphatic rings. The highest BCUT2D eigenvalue weighted by atomic mass is 16.1. The molecular formula is C17H22N6O. The molecule has 7 nitrogen and oxygen atoms in total. The van der Waals surface area contributed by atoms with Crippen LogP contribution in [-0.2, 0) is 7.05 Å². The molecule has 1 aliphatic heterocycles. The molecular weight excluding hydrogens is 304 g/mol. The predicted octanol–water partition coefficient (Wildman–Crippen LogP) is 1.43. The summed E-state index contributed by atoms with van der Waals surface area (Å²) in [6, 6.07) is 5.88. The number of carbonyl (C=O) groups excluding carboxylic acids is 1. The Bertz CT molecular complexity index is 755. The first kappa shape index (κ1) is 16.3. The Labute approximate surface area is 141 Å². The normalized spacial score (nSPS) is 21.4. The predicted molar refractivity (Wildman–Crippen MR) is 89.1 cm³/mol. The number of hydrogen-bond acceptors (Lipinski definition) is 4. The molecule has 0 aromatic carbocycles. The van der Waals surface area contributed by atoms with Gasteiger partial charge in [0.2, 0.25) is 0 Å². The average Bonchev–Trinajstić information content (AvgIpc) is 3.21. The van der Waals surface area contributed by atoms with Crippen LogP contribution in [0.1, 0.15) is 40.6 Å². The van der Waals surface area contributed by atoms with Crippen LogP contribution in [0.25, 0.3) is 0 Å². The van der Waals surface area contributed by atoms with Crippen LogP contribution in [-0.4, -0.2) is 45.7 Å². The number of amides is 1. The maximum atomic E-state index is 12.3. The summed E-state index contributed by atoms with van der Waals surface area (Å²) in [5, 5.41) is 16.1. The van der Waals surface area contributed by atoms with Gasteiger partial charge in [0, 0.05) is 26.0 Å². The first-order valence-electron chi connectivity index (χ1n) is 8.15. The Balaban J connectivity index is 1.69. The lowest BCUT2D eigenvalue weighted by Gasteiger charge is -2.39. The van der Waals surface area contributed by atoms with Crippen molar-refractivity contribution < 1.29 is 4.79 Å². The summed E-state index contributed by atoms with van der Waals surface area (Å²) in [7, 11) is 4.07. The van der Waals surface area contributed by atoms with Crippen LogP contribution in [0.2, 0.25) is 0 Å². The number of likely N-dealkylation sites (tertiary alicyclic amines) is 1. The number of aromatic amines is 1. The minimum Gasteiger partial charge on any atom is -0.356 e. The molecule has 1 amide bonds. The SMILES string of the molecule is CN1CCC[C@@H](CNC(=O)c2cc(C#N)c[nH]2)[C@@H]1c1ccnn1C. The lowest BCUT2D eigenvalue weighted by molar-refractivity contribution is 0.0876. The summed E-state index contributed by atoms with van der Waals surface area (Å²) < 4.78 is 1.91.